The van der Waals surface area contributed by atoms with E-state index in [-0.39, 0.29) is 23.7 Å². The summed E-state index contributed by atoms with van der Waals surface area (Å²) in [5, 5.41) is 6.73. The van der Waals surface area contributed by atoms with Crippen LogP contribution in [0.3, 0.4) is 0 Å². The van der Waals surface area contributed by atoms with Crippen LogP contribution in [-0.4, -0.2) is 18.4 Å². The molecule has 138 valence electrons. The summed E-state index contributed by atoms with van der Waals surface area (Å²) in [5.41, 5.74) is 1.04. The molecule has 0 unspecified atom stereocenters. The number of nitrogens with one attached hydrogen (secondary N) is 2. The van der Waals surface area contributed by atoms with Gasteiger partial charge in [-0.05, 0) is 49.8 Å². The summed E-state index contributed by atoms with van der Waals surface area (Å²) in [6.07, 6.45) is 6.55. The molecule has 0 radical (unpaired) electrons. The fraction of sp³-hybridized carbons (Fsp3) is 0.600. The van der Waals surface area contributed by atoms with Crippen molar-refractivity contribution in [2.24, 2.45) is 11.8 Å². The van der Waals surface area contributed by atoms with E-state index in [1.165, 1.54) is 0 Å². The predicted molar refractivity (Wildman–Crippen MR) is 101 cm³/mol. The van der Waals surface area contributed by atoms with Crippen molar-refractivity contribution in [3.8, 4) is 0 Å². The van der Waals surface area contributed by atoms with Crippen molar-refractivity contribution in [1.82, 2.24) is 10.6 Å². The number of carbonyl (C=O) groups excluding carboxylic acids is 2. The maximum absolute atomic E-state index is 12.3. The Bertz CT molecular complexity index is 551. The van der Waals surface area contributed by atoms with Gasteiger partial charge in [-0.1, -0.05) is 43.5 Å². The zero-order valence-corrected chi connectivity index (χ0v) is 15.8. The van der Waals surface area contributed by atoms with E-state index >= 15 is 0 Å². The van der Waals surface area contributed by atoms with Gasteiger partial charge in [0.1, 0.15) is 0 Å². The van der Waals surface area contributed by atoms with Crippen LogP contribution < -0.4 is 10.6 Å². The first-order valence-electron chi connectivity index (χ1n) is 9.40. The second-order valence-corrected chi connectivity index (χ2v) is 7.33. The van der Waals surface area contributed by atoms with E-state index in [1.54, 1.807) is 0 Å². The van der Waals surface area contributed by atoms with Crippen LogP contribution in [0.5, 0.6) is 0 Å². The number of hydrogen-bond acceptors (Lipinski definition) is 2. The maximum Gasteiger partial charge on any atom is 0.223 e. The molecule has 1 aliphatic carbocycles. The zero-order valence-electron chi connectivity index (χ0n) is 15.0. The minimum atomic E-state index is 0.0245. The highest BCUT2D eigenvalue weighted by Gasteiger charge is 2.29. The van der Waals surface area contributed by atoms with Crippen LogP contribution >= 0.6 is 11.6 Å². The summed E-state index contributed by atoms with van der Waals surface area (Å²) in [5.74, 6) is 0.353. The van der Waals surface area contributed by atoms with Gasteiger partial charge >= 0.3 is 0 Å². The topological polar surface area (TPSA) is 58.2 Å². The predicted octanol–water partition coefficient (Wildman–Crippen LogP) is 4.07. The van der Waals surface area contributed by atoms with E-state index in [1.807, 2.05) is 24.3 Å². The molecular weight excluding hydrogens is 336 g/mol. The van der Waals surface area contributed by atoms with Gasteiger partial charge in [-0.2, -0.15) is 0 Å². The van der Waals surface area contributed by atoms with Gasteiger partial charge in [0.05, 0.1) is 0 Å². The molecule has 0 atom stereocenters. The lowest BCUT2D eigenvalue weighted by atomic mass is 9.81. The van der Waals surface area contributed by atoms with Crippen molar-refractivity contribution >= 4 is 23.4 Å². The van der Waals surface area contributed by atoms with Crippen LogP contribution in [0.25, 0.3) is 0 Å². The van der Waals surface area contributed by atoms with Gasteiger partial charge in [0.15, 0.2) is 0 Å². The van der Waals surface area contributed by atoms with Crippen LogP contribution in [-0.2, 0) is 16.1 Å². The van der Waals surface area contributed by atoms with Crippen molar-refractivity contribution in [1.29, 1.82) is 0 Å². The summed E-state index contributed by atoms with van der Waals surface area (Å²) in [6.45, 7) is 3.45. The summed E-state index contributed by atoms with van der Waals surface area (Å²) < 4.78 is 0. The minimum Gasteiger partial charge on any atom is -0.356 e. The number of unbranched alkanes of at least 4 members (excludes halogenated alkanes) is 2. The van der Waals surface area contributed by atoms with E-state index in [0.717, 1.165) is 57.1 Å². The standard InChI is InChI=1S/C20H29ClN2O2/c1-2-3-4-13-22-19(24)16-7-9-17(10-8-16)20(25)23-14-15-5-11-18(21)12-6-15/h5-6,11-12,16-17H,2-4,7-10,13-14H2,1H3,(H,22,24)(H,23,25). The number of amides is 2. The number of hydrogen-bond donors (Lipinski definition) is 2. The number of carbonyl (C=O) groups is 2. The third kappa shape index (κ3) is 6.69. The molecule has 0 spiro atoms. The first kappa shape index (κ1) is 19.8. The molecule has 1 aliphatic rings. The summed E-state index contributed by atoms with van der Waals surface area (Å²) >= 11 is 5.86. The van der Waals surface area contributed by atoms with Gasteiger partial charge in [0.25, 0.3) is 0 Å². The molecule has 0 aromatic heterocycles. The van der Waals surface area contributed by atoms with E-state index < -0.39 is 0 Å². The average Bonchev–Trinajstić information content (AvgIpc) is 2.64. The Morgan fingerprint density at radius 2 is 1.52 bits per heavy atom. The van der Waals surface area contributed by atoms with Crippen molar-refractivity contribution in [3.63, 3.8) is 0 Å². The lowest BCUT2D eigenvalue weighted by molar-refractivity contribution is -0.130. The van der Waals surface area contributed by atoms with E-state index in [0.29, 0.717) is 11.6 Å². The fourth-order valence-corrected chi connectivity index (χ4v) is 3.41. The van der Waals surface area contributed by atoms with Gasteiger partial charge in [-0.3, -0.25) is 9.59 Å². The van der Waals surface area contributed by atoms with Crippen LogP contribution in [0.15, 0.2) is 24.3 Å². The SMILES string of the molecule is CCCCCNC(=O)C1CCC(C(=O)NCc2ccc(Cl)cc2)CC1. The highest BCUT2D eigenvalue weighted by Crippen LogP contribution is 2.29. The summed E-state index contributed by atoms with van der Waals surface area (Å²) in [7, 11) is 0. The molecule has 2 N–H and O–H groups in total. The highest BCUT2D eigenvalue weighted by atomic mass is 35.5. The lowest BCUT2D eigenvalue weighted by Crippen LogP contribution is -2.37. The van der Waals surface area contributed by atoms with E-state index in [2.05, 4.69) is 17.6 Å². The van der Waals surface area contributed by atoms with Gasteiger partial charge in [0, 0.05) is 29.9 Å². The van der Waals surface area contributed by atoms with E-state index in [4.69, 9.17) is 11.6 Å². The maximum atomic E-state index is 12.3. The summed E-state index contributed by atoms with van der Waals surface area (Å²) in [6, 6.07) is 7.49. The molecule has 1 aromatic rings. The third-order valence-corrected chi connectivity index (χ3v) is 5.18. The minimum absolute atomic E-state index is 0.0245. The molecule has 0 aliphatic heterocycles. The normalized spacial score (nSPS) is 20.1. The van der Waals surface area contributed by atoms with Crippen LogP contribution in [0, 0.1) is 11.8 Å². The highest BCUT2D eigenvalue weighted by molar-refractivity contribution is 6.30. The molecule has 0 heterocycles. The molecule has 4 nitrogen and oxygen atoms in total. The van der Waals surface area contributed by atoms with Crippen LogP contribution in [0.4, 0.5) is 0 Å². The van der Waals surface area contributed by atoms with Gasteiger partial charge in [-0.15, -0.1) is 0 Å². The molecular formula is C20H29ClN2O2. The quantitative estimate of drug-likeness (QED) is 0.683. The molecule has 1 fully saturated rings. The molecule has 0 bridgehead atoms. The smallest absolute Gasteiger partial charge is 0.223 e. The van der Waals surface area contributed by atoms with Crippen molar-refractivity contribution in [2.75, 3.05) is 6.54 Å². The average molecular weight is 365 g/mol. The second kappa shape index (κ2) is 10.4. The van der Waals surface area contributed by atoms with Crippen LogP contribution in [0.1, 0.15) is 57.4 Å². The van der Waals surface area contributed by atoms with E-state index in [9.17, 15) is 9.59 Å². The molecule has 0 saturated heterocycles. The Kier molecular flexibility index (Phi) is 8.26. The van der Waals surface area contributed by atoms with Gasteiger partial charge < -0.3 is 10.6 Å². The summed E-state index contributed by atoms with van der Waals surface area (Å²) in [4.78, 5) is 24.5. The lowest BCUT2D eigenvalue weighted by Gasteiger charge is -2.27. The molecule has 5 heteroatoms. The first-order valence-corrected chi connectivity index (χ1v) is 9.77. The number of benzene rings is 1. The van der Waals surface area contributed by atoms with Gasteiger partial charge in [-0.25, -0.2) is 0 Å². The Morgan fingerprint density at radius 1 is 0.960 bits per heavy atom. The van der Waals surface area contributed by atoms with Crippen molar-refractivity contribution in [2.45, 2.75) is 58.4 Å². The number of rotatable bonds is 8. The Balaban J connectivity index is 1.67. The second-order valence-electron chi connectivity index (χ2n) is 6.89. The Hall–Kier alpha value is -1.55. The monoisotopic (exact) mass is 364 g/mol. The fourth-order valence-electron chi connectivity index (χ4n) is 3.28. The molecule has 25 heavy (non-hydrogen) atoms. The van der Waals surface area contributed by atoms with Crippen LogP contribution in [0.2, 0.25) is 5.02 Å². The number of halogens is 1. The van der Waals surface area contributed by atoms with Crippen molar-refractivity contribution < 1.29 is 9.59 Å². The molecule has 1 saturated carbocycles. The molecule has 1 aromatic carbocycles. The Labute approximate surface area is 155 Å². The molecule has 2 rings (SSSR count). The van der Waals surface area contributed by atoms with Gasteiger partial charge in [0.2, 0.25) is 11.8 Å². The Morgan fingerprint density at radius 3 is 2.08 bits per heavy atom. The molecule has 2 amide bonds. The largest absolute Gasteiger partial charge is 0.356 e. The first-order chi connectivity index (χ1) is 12.1. The third-order valence-electron chi connectivity index (χ3n) is 4.93. The van der Waals surface area contributed by atoms with Crippen molar-refractivity contribution in [3.05, 3.63) is 34.9 Å². The zero-order chi connectivity index (χ0) is 18.1.